The fourth-order valence-corrected chi connectivity index (χ4v) is 3.96. The molecule has 0 saturated carbocycles. The smallest absolute Gasteiger partial charge is 0.293 e. The van der Waals surface area contributed by atoms with Gasteiger partial charge in [0.1, 0.15) is 0 Å². The fourth-order valence-electron chi connectivity index (χ4n) is 3.96. The Morgan fingerprint density at radius 1 is 1.07 bits per heavy atom. The van der Waals surface area contributed by atoms with Crippen molar-refractivity contribution >= 4 is 5.82 Å². The summed E-state index contributed by atoms with van der Waals surface area (Å²) in [6, 6.07) is 15.0. The molecule has 0 N–H and O–H groups in total. The number of anilines is 1. The molecule has 1 aliphatic rings. The molecule has 3 aromatic rings. The van der Waals surface area contributed by atoms with Gasteiger partial charge in [0, 0.05) is 50.5 Å². The Morgan fingerprint density at radius 2 is 1.81 bits per heavy atom. The third kappa shape index (κ3) is 3.54. The summed E-state index contributed by atoms with van der Waals surface area (Å²) in [7, 11) is 1.78. The summed E-state index contributed by atoms with van der Waals surface area (Å²) in [5.41, 5.74) is 3.84. The van der Waals surface area contributed by atoms with Gasteiger partial charge in [0.05, 0.1) is 0 Å². The van der Waals surface area contributed by atoms with Gasteiger partial charge in [0.2, 0.25) is 0 Å². The van der Waals surface area contributed by atoms with E-state index in [0.29, 0.717) is 11.7 Å². The zero-order valence-corrected chi connectivity index (χ0v) is 16.0. The summed E-state index contributed by atoms with van der Waals surface area (Å²) in [6.07, 6.45) is 5.56. The van der Waals surface area contributed by atoms with Crippen molar-refractivity contribution in [2.24, 2.45) is 13.0 Å². The Hall–Kier alpha value is -2.82. The minimum Gasteiger partial charge on any atom is -0.352 e. The van der Waals surface area contributed by atoms with Gasteiger partial charge in [-0.05, 0) is 43.4 Å². The van der Waals surface area contributed by atoms with Gasteiger partial charge in [-0.3, -0.25) is 4.79 Å². The summed E-state index contributed by atoms with van der Waals surface area (Å²) in [5, 5.41) is 0. The number of hydrogen-bond donors (Lipinski definition) is 0. The molecule has 0 atom stereocenters. The molecule has 0 radical (unpaired) electrons. The van der Waals surface area contributed by atoms with Crippen molar-refractivity contribution < 1.29 is 0 Å². The average Bonchev–Trinajstić information content (AvgIpc) is 3.06. The molecule has 1 fully saturated rings. The van der Waals surface area contributed by atoms with E-state index in [1.807, 2.05) is 0 Å². The molecule has 1 saturated heterocycles. The van der Waals surface area contributed by atoms with Crippen molar-refractivity contribution in [2.45, 2.75) is 26.3 Å². The van der Waals surface area contributed by atoms with Gasteiger partial charge < -0.3 is 14.0 Å². The molecule has 140 valence electrons. The van der Waals surface area contributed by atoms with E-state index in [4.69, 9.17) is 0 Å². The first-order chi connectivity index (χ1) is 13.1. The van der Waals surface area contributed by atoms with Crippen LogP contribution in [0.3, 0.4) is 0 Å². The lowest BCUT2D eigenvalue weighted by atomic mass is 9.96. The molecule has 5 heteroatoms. The molecule has 2 aromatic heterocycles. The van der Waals surface area contributed by atoms with Gasteiger partial charge in [-0.15, -0.1) is 0 Å². The van der Waals surface area contributed by atoms with Crippen LogP contribution in [0.5, 0.6) is 0 Å². The van der Waals surface area contributed by atoms with Crippen LogP contribution in [0.15, 0.2) is 59.7 Å². The quantitative estimate of drug-likeness (QED) is 0.714. The molecule has 4 rings (SSSR count). The number of piperidine rings is 1. The van der Waals surface area contributed by atoms with E-state index in [1.54, 1.807) is 24.0 Å². The maximum absolute atomic E-state index is 12.3. The Bertz CT molecular complexity index is 965. The standard InChI is InChI=1S/C22H26N4O/c1-17-8-9-20(19-6-4-3-5-7-19)26(17)16-18-10-13-25(14-11-18)21-22(27)24(2)15-12-23-21/h3-9,12,15,18H,10-11,13-14,16H2,1-2H3. The van der Waals surface area contributed by atoms with E-state index >= 15 is 0 Å². The van der Waals surface area contributed by atoms with Crippen molar-refractivity contribution in [1.82, 2.24) is 14.1 Å². The third-order valence-electron chi connectivity index (χ3n) is 5.62. The molecule has 3 heterocycles. The predicted molar refractivity (Wildman–Crippen MR) is 109 cm³/mol. The lowest BCUT2D eigenvalue weighted by molar-refractivity contribution is 0.355. The first-order valence-corrected chi connectivity index (χ1v) is 9.61. The van der Waals surface area contributed by atoms with E-state index < -0.39 is 0 Å². The largest absolute Gasteiger partial charge is 0.352 e. The van der Waals surface area contributed by atoms with Crippen LogP contribution < -0.4 is 10.5 Å². The van der Waals surface area contributed by atoms with Crippen LogP contribution in [0, 0.1) is 12.8 Å². The Balaban J connectivity index is 1.47. The highest BCUT2D eigenvalue weighted by Gasteiger charge is 2.23. The maximum Gasteiger partial charge on any atom is 0.293 e. The van der Waals surface area contributed by atoms with Gasteiger partial charge in [-0.1, -0.05) is 30.3 Å². The van der Waals surface area contributed by atoms with Gasteiger partial charge in [0.15, 0.2) is 5.82 Å². The number of aryl methyl sites for hydroxylation is 2. The molecule has 0 aliphatic carbocycles. The first-order valence-electron chi connectivity index (χ1n) is 9.61. The molecule has 1 aliphatic heterocycles. The van der Waals surface area contributed by atoms with Crippen molar-refractivity contribution in [3.63, 3.8) is 0 Å². The summed E-state index contributed by atoms with van der Waals surface area (Å²) in [5.74, 6) is 1.20. The predicted octanol–water partition coefficient (Wildman–Crippen LogP) is 3.47. The fraction of sp³-hybridized carbons (Fsp3) is 0.364. The summed E-state index contributed by atoms with van der Waals surface area (Å²) in [4.78, 5) is 18.8. The van der Waals surface area contributed by atoms with Crippen LogP contribution in [0.25, 0.3) is 11.3 Å². The highest BCUT2D eigenvalue weighted by molar-refractivity contribution is 5.60. The van der Waals surface area contributed by atoms with Crippen LogP contribution in [0.4, 0.5) is 5.82 Å². The van der Waals surface area contributed by atoms with Crippen LogP contribution in [0.1, 0.15) is 18.5 Å². The van der Waals surface area contributed by atoms with Gasteiger partial charge in [-0.25, -0.2) is 4.98 Å². The number of benzene rings is 1. The number of hydrogen-bond acceptors (Lipinski definition) is 3. The number of nitrogens with zero attached hydrogens (tertiary/aromatic N) is 4. The summed E-state index contributed by atoms with van der Waals surface area (Å²) in [6.45, 7) is 4.98. The van der Waals surface area contributed by atoms with E-state index in [2.05, 4.69) is 63.8 Å². The zero-order chi connectivity index (χ0) is 18.8. The first kappa shape index (κ1) is 17.6. The topological polar surface area (TPSA) is 43.1 Å². The van der Waals surface area contributed by atoms with E-state index in [0.717, 1.165) is 32.5 Å². The second-order valence-corrected chi connectivity index (χ2v) is 7.43. The molecular weight excluding hydrogens is 336 g/mol. The van der Waals surface area contributed by atoms with Crippen LogP contribution in [0.2, 0.25) is 0 Å². The van der Waals surface area contributed by atoms with Gasteiger partial charge in [-0.2, -0.15) is 0 Å². The molecule has 0 bridgehead atoms. The van der Waals surface area contributed by atoms with Crippen LogP contribution >= 0.6 is 0 Å². The molecule has 27 heavy (non-hydrogen) atoms. The zero-order valence-electron chi connectivity index (χ0n) is 16.0. The Labute approximate surface area is 159 Å². The highest BCUT2D eigenvalue weighted by Crippen LogP contribution is 2.27. The Morgan fingerprint density at radius 3 is 2.56 bits per heavy atom. The van der Waals surface area contributed by atoms with Gasteiger partial charge in [0.25, 0.3) is 5.56 Å². The lowest BCUT2D eigenvalue weighted by Gasteiger charge is -2.33. The second-order valence-electron chi connectivity index (χ2n) is 7.43. The Kier molecular flexibility index (Phi) is 4.84. The van der Waals surface area contributed by atoms with Crippen LogP contribution in [-0.2, 0) is 13.6 Å². The maximum atomic E-state index is 12.3. The molecular formula is C22H26N4O. The highest BCUT2D eigenvalue weighted by atomic mass is 16.1. The number of rotatable bonds is 4. The molecule has 0 unspecified atom stereocenters. The molecule has 5 nitrogen and oxygen atoms in total. The monoisotopic (exact) mass is 362 g/mol. The van der Waals surface area contributed by atoms with Crippen molar-refractivity contribution in [3.05, 3.63) is 70.9 Å². The van der Waals surface area contributed by atoms with E-state index in [9.17, 15) is 4.79 Å². The van der Waals surface area contributed by atoms with Crippen LogP contribution in [-0.4, -0.2) is 27.2 Å². The molecule has 0 amide bonds. The van der Waals surface area contributed by atoms with E-state index in [1.165, 1.54) is 17.0 Å². The third-order valence-corrected chi connectivity index (χ3v) is 5.62. The summed E-state index contributed by atoms with van der Waals surface area (Å²) >= 11 is 0. The summed E-state index contributed by atoms with van der Waals surface area (Å²) < 4.78 is 4.04. The van der Waals surface area contributed by atoms with Crippen molar-refractivity contribution in [1.29, 1.82) is 0 Å². The molecule has 1 aromatic carbocycles. The SMILES string of the molecule is Cc1ccc(-c2ccccc2)n1CC1CCN(c2nccn(C)c2=O)CC1. The minimum atomic E-state index is -0.0106. The van der Waals surface area contributed by atoms with Gasteiger partial charge >= 0.3 is 0 Å². The minimum absolute atomic E-state index is 0.0106. The van der Waals surface area contributed by atoms with Crippen molar-refractivity contribution in [3.8, 4) is 11.3 Å². The average molecular weight is 362 g/mol. The number of aromatic nitrogens is 3. The normalized spacial score (nSPS) is 15.3. The lowest BCUT2D eigenvalue weighted by Crippen LogP contribution is -2.39. The van der Waals surface area contributed by atoms with E-state index in [-0.39, 0.29) is 5.56 Å². The second kappa shape index (κ2) is 7.43. The van der Waals surface area contributed by atoms with Crippen molar-refractivity contribution in [2.75, 3.05) is 18.0 Å². The molecule has 0 spiro atoms.